The van der Waals surface area contributed by atoms with Crippen molar-refractivity contribution in [3.8, 4) is 16.9 Å². The maximum atomic E-state index is 13.7. The lowest BCUT2D eigenvalue weighted by Gasteiger charge is -2.18. The van der Waals surface area contributed by atoms with Gasteiger partial charge in [-0.2, -0.15) is 18.2 Å². The Morgan fingerprint density at radius 1 is 1.14 bits per heavy atom. The molecule has 0 saturated heterocycles. The molecule has 0 spiro atoms. The SMILES string of the molecule is C[C@H](N)CCCc1cc(-c2cc3cn(-c4ccc([C@H](C)NCCCN(C)C(=N)N)cc4)c(=O)nc3[nH]2)cc(C(F)(F)F)c1. The van der Waals surface area contributed by atoms with Gasteiger partial charge in [-0.05, 0) is 99.2 Å². The Morgan fingerprint density at radius 2 is 1.86 bits per heavy atom. The van der Waals surface area contributed by atoms with Crippen molar-refractivity contribution in [1.29, 1.82) is 5.41 Å². The fourth-order valence-corrected chi connectivity index (χ4v) is 4.92. The van der Waals surface area contributed by atoms with Crippen molar-refractivity contribution in [3.63, 3.8) is 0 Å². The number of aromatic amines is 1. The van der Waals surface area contributed by atoms with E-state index in [-0.39, 0.29) is 18.0 Å². The minimum atomic E-state index is -4.49. The Hall–Kier alpha value is -4.16. The Morgan fingerprint density at radius 3 is 2.51 bits per heavy atom. The zero-order chi connectivity index (χ0) is 31.3. The summed E-state index contributed by atoms with van der Waals surface area (Å²) in [6.45, 7) is 5.34. The maximum absolute atomic E-state index is 13.7. The van der Waals surface area contributed by atoms with Crippen molar-refractivity contribution in [2.24, 2.45) is 11.5 Å². The van der Waals surface area contributed by atoms with Gasteiger partial charge in [0.15, 0.2) is 5.96 Å². The zero-order valence-corrected chi connectivity index (χ0v) is 24.6. The molecule has 0 bridgehead atoms. The predicted octanol–water partition coefficient (Wildman–Crippen LogP) is 4.94. The number of aromatic nitrogens is 3. The van der Waals surface area contributed by atoms with Crippen LogP contribution in [0.5, 0.6) is 0 Å². The molecular weight excluding hydrogens is 557 g/mol. The van der Waals surface area contributed by atoms with Crippen LogP contribution in [0.3, 0.4) is 0 Å². The van der Waals surface area contributed by atoms with Gasteiger partial charge >= 0.3 is 11.9 Å². The van der Waals surface area contributed by atoms with Crippen molar-refractivity contribution >= 4 is 17.0 Å². The second-order valence-electron chi connectivity index (χ2n) is 11.1. The van der Waals surface area contributed by atoms with Crippen LogP contribution in [0.2, 0.25) is 0 Å². The Kier molecular flexibility index (Phi) is 9.92. The van der Waals surface area contributed by atoms with Gasteiger partial charge in [0.2, 0.25) is 0 Å². The van der Waals surface area contributed by atoms with E-state index in [0.29, 0.717) is 59.3 Å². The van der Waals surface area contributed by atoms with E-state index in [1.54, 1.807) is 30.3 Å². The van der Waals surface area contributed by atoms with E-state index in [0.717, 1.165) is 24.6 Å². The van der Waals surface area contributed by atoms with Crippen molar-refractivity contribution in [2.75, 3.05) is 20.1 Å². The Labute approximate surface area is 248 Å². The summed E-state index contributed by atoms with van der Waals surface area (Å²) >= 11 is 0. The summed E-state index contributed by atoms with van der Waals surface area (Å²) in [5.74, 6) is 0.0379. The number of fused-ring (bicyclic) bond motifs is 1. The third-order valence-electron chi connectivity index (χ3n) is 7.47. The summed E-state index contributed by atoms with van der Waals surface area (Å²) in [7, 11) is 1.78. The lowest BCUT2D eigenvalue weighted by atomic mass is 9.99. The fraction of sp³-hybridized carbons (Fsp3) is 0.387. The van der Waals surface area contributed by atoms with Crippen LogP contribution in [-0.4, -0.2) is 51.6 Å². The first-order valence-corrected chi connectivity index (χ1v) is 14.3. The Balaban J connectivity index is 1.54. The van der Waals surface area contributed by atoms with Gasteiger partial charge in [-0.15, -0.1) is 0 Å². The van der Waals surface area contributed by atoms with Gasteiger partial charge in [0.05, 0.1) is 11.3 Å². The molecule has 2 aromatic carbocycles. The number of benzene rings is 2. The lowest BCUT2D eigenvalue weighted by molar-refractivity contribution is -0.137. The van der Waals surface area contributed by atoms with E-state index in [1.165, 1.54) is 10.6 Å². The lowest BCUT2D eigenvalue weighted by Crippen LogP contribution is -2.35. The van der Waals surface area contributed by atoms with E-state index in [4.69, 9.17) is 16.9 Å². The average Bonchev–Trinajstić information content (AvgIpc) is 3.36. The van der Waals surface area contributed by atoms with Crippen LogP contribution >= 0.6 is 0 Å². The number of guanidine groups is 1. The maximum Gasteiger partial charge on any atom is 0.416 e. The molecule has 7 N–H and O–H groups in total. The molecule has 12 heteroatoms. The summed E-state index contributed by atoms with van der Waals surface area (Å²) in [5.41, 5.74) is 13.4. The van der Waals surface area contributed by atoms with Crippen LogP contribution < -0.4 is 22.5 Å². The number of aryl methyl sites for hydroxylation is 1. The topological polar surface area (TPSA) is 142 Å². The molecule has 0 aliphatic rings. The molecule has 2 atom stereocenters. The van der Waals surface area contributed by atoms with Crippen LogP contribution in [0.1, 0.15) is 55.8 Å². The highest BCUT2D eigenvalue weighted by Crippen LogP contribution is 2.34. The molecule has 2 aromatic heterocycles. The molecular formula is C31H39F3N8O. The normalized spacial score (nSPS) is 13.3. The molecule has 43 heavy (non-hydrogen) atoms. The largest absolute Gasteiger partial charge is 0.416 e. The molecule has 0 unspecified atom stereocenters. The minimum absolute atomic E-state index is 0.0221. The highest BCUT2D eigenvalue weighted by atomic mass is 19.4. The van der Waals surface area contributed by atoms with Crippen LogP contribution in [-0.2, 0) is 12.6 Å². The van der Waals surface area contributed by atoms with Crippen molar-refractivity contribution in [1.82, 2.24) is 24.8 Å². The summed E-state index contributed by atoms with van der Waals surface area (Å²) in [5, 5.41) is 11.5. The molecule has 0 saturated carbocycles. The first-order chi connectivity index (χ1) is 20.3. The average molecular weight is 597 g/mol. The molecule has 4 aromatic rings. The van der Waals surface area contributed by atoms with E-state index in [2.05, 4.69) is 15.3 Å². The number of nitrogens with zero attached hydrogens (tertiary/aromatic N) is 3. The van der Waals surface area contributed by atoms with Crippen LogP contribution in [0.15, 0.2) is 59.5 Å². The number of hydrogen-bond acceptors (Lipinski definition) is 5. The van der Waals surface area contributed by atoms with E-state index in [9.17, 15) is 18.0 Å². The molecule has 4 rings (SSSR count). The number of rotatable bonds is 12. The molecule has 0 aliphatic carbocycles. The molecule has 2 heterocycles. The highest BCUT2D eigenvalue weighted by Gasteiger charge is 2.31. The summed E-state index contributed by atoms with van der Waals surface area (Å²) in [6, 6.07) is 13.3. The van der Waals surface area contributed by atoms with Crippen molar-refractivity contribution < 1.29 is 13.2 Å². The number of nitrogens with two attached hydrogens (primary N) is 2. The number of alkyl halides is 3. The van der Waals surface area contributed by atoms with Crippen LogP contribution in [0.4, 0.5) is 13.2 Å². The summed E-state index contributed by atoms with van der Waals surface area (Å²) in [6.07, 6.45) is -0.156. The second-order valence-corrected chi connectivity index (χ2v) is 11.1. The van der Waals surface area contributed by atoms with E-state index >= 15 is 0 Å². The van der Waals surface area contributed by atoms with E-state index in [1.807, 2.05) is 38.1 Å². The molecule has 0 amide bonds. The Bertz CT molecular complexity index is 1610. The van der Waals surface area contributed by atoms with Gasteiger partial charge in [0.1, 0.15) is 5.65 Å². The van der Waals surface area contributed by atoms with Gasteiger partial charge in [-0.3, -0.25) is 9.98 Å². The second kappa shape index (κ2) is 13.4. The fourth-order valence-electron chi connectivity index (χ4n) is 4.92. The smallest absolute Gasteiger partial charge is 0.370 e. The van der Waals surface area contributed by atoms with Gasteiger partial charge in [0, 0.05) is 43.0 Å². The number of nitrogens with one attached hydrogen (secondary N) is 3. The number of H-pyrrole nitrogens is 1. The summed E-state index contributed by atoms with van der Waals surface area (Å²) in [4.78, 5) is 21.8. The van der Waals surface area contributed by atoms with Crippen molar-refractivity contribution in [3.05, 3.63) is 81.9 Å². The third kappa shape index (κ3) is 8.23. The minimum Gasteiger partial charge on any atom is -0.370 e. The third-order valence-corrected chi connectivity index (χ3v) is 7.47. The van der Waals surface area contributed by atoms with Gasteiger partial charge in [-0.1, -0.05) is 12.1 Å². The molecule has 0 radical (unpaired) electrons. The van der Waals surface area contributed by atoms with Gasteiger partial charge in [0.25, 0.3) is 0 Å². The predicted molar refractivity (Wildman–Crippen MR) is 164 cm³/mol. The van der Waals surface area contributed by atoms with E-state index < -0.39 is 17.4 Å². The van der Waals surface area contributed by atoms with Crippen LogP contribution in [0.25, 0.3) is 28.0 Å². The number of hydrogen-bond donors (Lipinski definition) is 5. The molecule has 0 aliphatic heterocycles. The first-order valence-electron chi connectivity index (χ1n) is 14.3. The first kappa shape index (κ1) is 31.8. The number of halogens is 3. The van der Waals surface area contributed by atoms with Gasteiger partial charge in [-0.25, -0.2) is 4.79 Å². The monoisotopic (exact) mass is 596 g/mol. The highest BCUT2D eigenvalue weighted by molar-refractivity contribution is 5.82. The quantitative estimate of drug-likeness (QED) is 0.0892. The van der Waals surface area contributed by atoms with Gasteiger partial charge < -0.3 is 26.7 Å². The molecule has 230 valence electrons. The van der Waals surface area contributed by atoms with Crippen molar-refractivity contribution in [2.45, 2.75) is 57.8 Å². The molecule has 9 nitrogen and oxygen atoms in total. The van der Waals surface area contributed by atoms with Crippen LogP contribution in [0, 0.1) is 5.41 Å². The standard InChI is InChI=1S/C31H39F3N8O/c1-19(35)6-4-7-21-14-23(16-25(15-21)31(32,33)34)27-17-24-18-42(30(43)40-28(24)39-27)26-10-8-22(9-11-26)20(2)38-12-5-13-41(3)29(36)37/h8-11,14-20,38H,4-7,12-13,35H2,1-3H3,(H3,36,37)(H,39,40,43)/t19-,20-/m0/s1. The zero-order valence-electron chi connectivity index (χ0n) is 24.6. The summed E-state index contributed by atoms with van der Waals surface area (Å²) < 4.78 is 42.6. The molecule has 0 fully saturated rings.